The minimum Gasteiger partial charge on any atom is -0.480 e. The molecule has 0 saturated carbocycles. The Kier molecular flexibility index (Phi) is 31.2. The maximum atomic E-state index is 14.5. The van der Waals surface area contributed by atoms with Crippen LogP contribution in [0.25, 0.3) is 0 Å². The van der Waals surface area contributed by atoms with E-state index in [1.165, 1.54) is 67.8 Å². The third-order valence-electron chi connectivity index (χ3n) is 9.96. The number of carboxylic acid groups (broad SMARTS) is 1. The average molecular weight is 1300 g/mol. The quantitative estimate of drug-likeness (QED) is 0.0117. The van der Waals surface area contributed by atoms with E-state index in [2.05, 4.69) is 57.5 Å². The number of aliphatic carboxylic acids is 1. The van der Waals surface area contributed by atoms with Crippen molar-refractivity contribution in [1.82, 2.24) is 45.7 Å². The SMILES string of the molecule is CC(C)(C)OC(=O)NC(=NOCCN)NC(=O)OC(C)(C)C.Cc1cnc(NCC(F)(F)c2ccccc2)c(=O)n1CC(=O)NCCON=C(NC(=O)OC(C)(C)C)NC(=O)OC(C)(C)C.Cc1cnc(NCC(F)(F)c2ccccc2)c(=O)n1CC(=O)O.Cl. The van der Waals surface area contributed by atoms with Crippen molar-refractivity contribution in [2.75, 3.05) is 50.0 Å². The molecule has 0 fully saturated rings. The van der Waals surface area contributed by atoms with Crippen molar-refractivity contribution >= 4 is 72.2 Å². The highest BCUT2D eigenvalue weighted by Gasteiger charge is 2.33. The van der Waals surface area contributed by atoms with E-state index >= 15 is 0 Å². The number of alkyl halides is 4. The van der Waals surface area contributed by atoms with Gasteiger partial charge in [0.05, 0.1) is 19.6 Å². The van der Waals surface area contributed by atoms with Gasteiger partial charge in [0, 0.05) is 41.5 Å². The molecule has 2 aromatic heterocycles. The van der Waals surface area contributed by atoms with Crippen molar-refractivity contribution in [3.05, 3.63) is 116 Å². The molecule has 90 heavy (non-hydrogen) atoms. The molecule has 34 heteroatoms. The Morgan fingerprint density at radius 1 is 0.544 bits per heavy atom. The van der Waals surface area contributed by atoms with Crippen molar-refractivity contribution < 1.29 is 80.1 Å². The number of nitrogens with zero attached hydrogens (tertiary/aromatic N) is 6. The number of carbonyl (C=O) groups is 6. The number of aryl methyl sites for hydroxylation is 2. The fourth-order valence-electron chi connectivity index (χ4n) is 6.33. The number of rotatable bonds is 19. The van der Waals surface area contributed by atoms with Crippen molar-refractivity contribution in [3.8, 4) is 0 Å². The highest BCUT2D eigenvalue weighted by atomic mass is 35.5. The maximum absolute atomic E-state index is 14.5. The van der Waals surface area contributed by atoms with Crippen LogP contribution in [0.4, 0.5) is 48.4 Å². The third-order valence-corrected chi connectivity index (χ3v) is 9.96. The predicted molar refractivity (Wildman–Crippen MR) is 325 cm³/mol. The summed E-state index contributed by atoms with van der Waals surface area (Å²) in [7, 11) is 0. The number of nitrogens with one attached hydrogen (secondary N) is 7. The molecule has 29 nitrogen and oxygen atoms in total. The first kappa shape index (κ1) is 78.7. The molecule has 2 aromatic carbocycles. The molecule has 0 bridgehead atoms. The molecular weight excluding hydrogens is 1220 g/mol. The van der Waals surface area contributed by atoms with Gasteiger partial charge in [0.25, 0.3) is 34.9 Å². The van der Waals surface area contributed by atoms with Gasteiger partial charge >= 0.3 is 30.3 Å². The predicted octanol–water partition coefficient (Wildman–Crippen LogP) is 6.75. The summed E-state index contributed by atoms with van der Waals surface area (Å²) >= 11 is 0. The molecule has 0 saturated heterocycles. The summed E-state index contributed by atoms with van der Waals surface area (Å²) in [6.07, 6.45) is -0.878. The smallest absolute Gasteiger partial charge is 0.414 e. The molecule has 0 aliphatic heterocycles. The first-order valence-electron chi connectivity index (χ1n) is 27.2. The van der Waals surface area contributed by atoms with Crippen molar-refractivity contribution in [2.24, 2.45) is 16.0 Å². The highest BCUT2D eigenvalue weighted by molar-refractivity contribution is 6.01. The van der Waals surface area contributed by atoms with Crippen LogP contribution in [0.5, 0.6) is 0 Å². The van der Waals surface area contributed by atoms with Crippen LogP contribution in [-0.4, -0.2) is 134 Å². The summed E-state index contributed by atoms with van der Waals surface area (Å²) in [5.41, 5.74) is 0.962. The summed E-state index contributed by atoms with van der Waals surface area (Å²) in [6, 6.07) is 14.3. The maximum Gasteiger partial charge on any atom is 0.414 e. The van der Waals surface area contributed by atoms with Crippen molar-refractivity contribution in [1.29, 1.82) is 0 Å². The van der Waals surface area contributed by atoms with Crippen LogP contribution in [0.2, 0.25) is 0 Å². The van der Waals surface area contributed by atoms with E-state index in [0.717, 1.165) is 9.13 Å². The van der Waals surface area contributed by atoms with Crippen LogP contribution in [0.3, 0.4) is 0 Å². The second-order valence-corrected chi connectivity index (χ2v) is 22.7. The van der Waals surface area contributed by atoms with Crippen LogP contribution in [0.1, 0.15) is 106 Å². The number of aromatic nitrogens is 4. The molecule has 0 aliphatic carbocycles. The number of nitrogens with two attached hydrogens (primary N) is 1. The van der Waals surface area contributed by atoms with E-state index < -0.39 is 114 Å². The van der Waals surface area contributed by atoms with Crippen molar-refractivity contribution in [2.45, 2.75) is 144 Å². The largest absolute Gasteiger partial charge is 0.480 e. The van der Waals surface area contributed by atoms with Crippen LogP contribution >= 0.6 is 12.4 Å². The molecule has 2 heterocycles. The zero-order chi connectivity index (χ0) is 67.6. The number of ether oxygens (including phenoxy) is 4. The van der Waals surface area contributed by atoms with Gasteiger partial charge in [-0.2, -0.15) is 17.6 Å². The number of oxime groups is 2. The number of hydrogen-bond acceptors (Lipinski definition) is 21. The molecule has 0 atom stereocenters. The number of hydrogen-bond donors (Lipinski definition) is 9. The zero-order valence-electron chi connectivity index (χ0n) is 52.4. The third kappa shape index (κ3) is 32.1. The summed E-state index contributed by atoms with van der Waals surface area (Å²) < 4.78 is 79.6. The molecule has 4 rings (SSSR count). The molecular formula is C56H81ClF4N14O15. The highest BCUT2D eigenvalue weighted by Crippen LogP contribution is 2.29. The lowest BCUT2D eigenvalue weighted by atomic mass is 10.1. The minimum atomic E-state index is -3.27. The van der Waals surface area contributed by atoms with E-state index in [1.807, 2.05) is 0 Å². The molecule has 500 valence electrons. The van der Waals surface area contributed by atoms with E-state index in [9.17, 15) is 55.9 Å². The van der Waals surface area contributed by atoms with Crippen LogP contribution in [0.15, 0.2) is 93.0 Å². The lowest BCUT2D eigenvalue weighted by Crippen LogP contribution is -2.47. The Bertz CT molecular complexity index is 3120. The van der Waals surface area contributed by atoms with Crippen LogP contribution in [0, 0.1) is 13.8 Å². The number of carboxylic acids is 1. The monoisotopic (exact) mass is 1300 g/mol. The first-order chi connectivity index (χ1) is 41.1. The van der Waals surface area contributed by atoms with Gasteiger partial charge in [-0.05, 0) is 107 Å². The standard InChI is InChI=1S/C28H39F2N7O7.C15H15F2N3O3.C13H26N4O5.ClH/c1-18-15-32-21(33-17-28(29,30)19-11-9-8-10-12-19)22(39)37(18)16-20(38)31-13-14-42-36-23(34-24(40)43-26(2,3)4)35-25(41)44-27(5,6)7;1-10-7-18-13(14(23)20(10)8-12(21)22)19-9-15(16,17)11-5-3-2-4-6-11;1-12(2,3)21-10(18)15-9(17-20-8-7-14)16-11(19)22-13(4,5)6;/h8-12,15H,13-14,16-17H2,1-7H3,(H,31,38)(H,32,33)(H2,34,35,36,40,41);2-7H,8-9H2,1H3,(H,18,19)(H,21,22);7-8,14H2,1-6H3,(H2,15,16,17,18,19);1H. The van der Waals surface area contributed by atoms with E-state index in [4.69, 9.17) is 39.5 Å². The van der Waals surface area contributed by atoms with Gasteiger partial charge in [-0.1, -0.05) is 60.7 Å². The molecule has 0 spiro atoms. The van der Waals surface area contributed by atoms with Gasteiger partial charge < -0.3 is 55.4 Å². The molecule has 0 unspecified atom stereocenters. The second kappa shape index (κ2) is 35.7. The molecule has 0 aliphatic rings. The Hall–Kier alpha value is -9.27. The summed E-state index contributed by atoms with van der Waals surface area (Å²) in [5.74, 6) is -9.58. The van der Waals surface area contributed by atoms with Gasteiger partial charge in [-0.15, -0.1) is 12.4 Å². The zero-order valence-corrected chi connectivity index (χ0v) is 53.2. The normalized spacial score (nSPS) is 11.3. The first-order valence-corrected chi connectivity index (χ1v) is 27.2. The van der Waals surface area contributed by atoms with Gasteiger partial charge in [-0.25, -0.2) is 29.1 Å². The Morgan fingerprint density at radius 3 is 1.18 bits per heavy atom. The number of anilines is 2. The Labute approximate surface area is 523 Å². The average Bonchev–Trinajstić information content (AvgIpc) is 1.06. The number of amides is 5. The number of halogens is 5. The molecule has 10 N–H and O–H groups in total. The van der Waals surface area contributed by atoms with E-state index in [1.54, 1.807) is 102 Å². The van der Waals surface area contributed by atoms with Crippen molar-refractivity contribution in [3.63, 3.8) is 0 Å². The lowest BCUT2D eigenvalue weighted by molar-refractivity contribution is -0.137. The fourth-order valence-corrected chi connectivity index (χ4v) is 6.33. The van der Waals surface area contributed by atoms with Gasteiger partial charge in [0.2, 0.25) is 5.91 Å². The fraction of sp³-hybridized carbons (Fsp3) is 0.500. The summed E-state index contributed by atoms with van der Waals surface area (Å²) in [5, 5.41) is 32.2. The number of guanidine groups is 2. The molecule has 5 amide bonds. The van der Waals surface area contributed by atoms with Gasteiger partial charge in [-0.3, -0.25) is 49.6 Å². The molecule has 4 aromatic rings. The second-order valence-electron chi connectivity index (χ2n) is 22.7. The van der Waals surface area contributed by atoms with E-state index in [-0.39, 0.29) is 67.4 Å². The Morgan fingerprint density at radius 2 is 0.867 bits per heavy atom. The van der Waals surface area contributed by atoms with E-state index in [0.29, 0.717) is 11.4 Å². The van der Waals surface area contributed by atoms with Crippen LogP contribution < -0.4 is 54.1 Å². The topological polar surface area (TPSA) is 383 Å². The van der Waals surface area contributed by atoms with Gasteiger partial charge in [0.15, 0.2) is 11.6 Å². The summed E-state index contributed by atoms with van der Waals surface area (Å²) in [4.78, 5) is 113. The molecule has 0 radical (unpaired) electrons. The minimum absolute atomic E-state index is 0. The van der Waals surface area contributed by atoms with Crippen LogP contribution in [-0.2, 0) is 63.1 Å². The Balaban J connectivity index is 0.000000740. The number of benzene rings is 2. The number of alkyl carbamates (subject to hydrolysis) is 4. The number of carbonyl (C=O) groups excluding carboxylic acids is 5. The summed E-state index contributed by atoms with van der Waals surface area (Å²) in [6.45, 7) is 20.5. The lowest BCUT2D eigenvalue weighted by Gasteiger charge is -2.21. The van der Waals surface area contributed by atoms with Gasteiger partial charge in [0.1, 0.15) is 48.7 Å².